The number of carboxylic acids is 1. The minimum absolute atomic E-state index is 0.132. The summed E-state index contributed by atoms with van der Waals surface area (Å²) in [4.78, 5) is 35.1. The first-order chi connectivity index (χ1) is 11.3. The van der Waals surface area contributed by atoms with E-state index >= 15 is 0 Å². The highest BCUT2D eigenvalue weighted by atomic mass is 19.1. The zero-order valence-corrected chi connectivity index (χ0v) is 14.1. The summed E-state index contributed by atoms with van der Waals surface area (Å²) >= 11 is 0. The second-order valence-electron chi connectivity index (χ2n) is 6.13. The van der Waals surface area contributed by atoms with E-state index in [4.69, 9.17) is 5.11 Å². The van der Waals surface area contributed by atoms with Crippen LogP contribution in [0, 0.1) is 11.7 Å². The Balaban J connectivity index is 0.00000100. The van der Waals surface area contributed by atoms with Crippen LogP contribution in [0.5, 0.6) is 0 Å². The normalized spacial score (nSPS) is 17.9. The van der Waals surface area contributed by atoms with E-state index in [1.165, 1.54) is 6.92 Å². The maximum Gasteiger partial charge on any atom is 0.304 e. The molecule has 1 aromatic rings. The number of halogens is 1. The van der Waals surface area contributed by atoms with E-state index < -0.39 is 28.9 Å². The van der Waals surface area contributed by atoms with Gasteiger partial charge in [0.2, 0.25) is 5.91 Å². The highest BCUT2D eigenvalue weighted by Crippen LogP contribution is 2.52. The summed E-state index contributed by atoms with van der Waals surface area (Å²) in [6.07, 6.45) is 1.88. The van der Waals surface area contributed by atoms with Crippen LogP contribution in [0.3, 0.4) is 0 Å². The summed E-state index contributed by atoms with van der Waals surface area (Å²) in [6.45, 7) is 5.50. The molecule has 1 aliphatic carbocycles. The van der Waals surface area contributed by atoms with Gasteiger partial charge in [-0.1, -0.05) is 27.2 Å². The topological polar surface area (TPSA) is 83.5 Å². The molecule has 1 aromatic carbocycles. The average Bonchev–Trinajstić information content (AvgIpc) is 2.80. The number of carbonyl (C=O) groups is 3. The van der Waals surface area contributed by atoms with Crippen molar-refractivity contribution >= 4 is 23.3 Å². The van der Waals surface area contributed by atoms with Gasteiger partial charge < -0.3 is 10.4 Å². The molecule has 1 amide bonds. The van der Waals surface area contributed by atoms with Crippen molar-refractivity contribution in [2.24, 2.45) is 5.92 Å². The minimum atomic E-state index is -1.07. The molecule has 1 spiro atoms. The van der Waals surface area contributed by atoms with Crippen LogP contribution in [-0.4, -0.2) is 22.8 Å². The van der Waals surface area contributed by atoms with Crippen molar-refractivity contribution in [2.75, 3.05) is 5.32 Å². The molecule has 6 heteroatoms. The summed E-state index contributed by atoms with van der Waals surface area (Å²) < 4.78 is 14.2. The van der Waals surface area contributed by atoms with Crippen molar-refractivity contribution in [3.63, 3.8) is 0 Å². The molecular formula is C18H22FNO4. The molecule has 2 N–H and O–H groups in total. The fraction of sp³-hybridized carbons (Fsp3) is 0.500. The van der Waals surface area contributed by atoms with E-state index in [1.807, 2.05) is 13.8 Å². The fourth-order valence-corrected chi connectivity index (χ4v) is 3.27. The summed E-state index contributed by atoms with van der Waals surface area (Å²) in [6, 6.07) is 2.63. The first-order valence-electron chi connectivity index (χ1n) is 8.26. The Morgan fingerprint density at radius 3 is 2.46 bits per heavy atom. The smallest absolute Gasteiger partial charge is 0.304 e. The highest BCUT2D eigenvalue weighted by molar-refractivity contribution is 6.08. The van der Waals surface area contributed by atoms with Gasteiger partial charge in [-0.25, -0.2) is 4.39 Å². The monoisotopic (exact) mass is 335 g/mol. The van der Waals surface area contributed by atoms with Gasteiger partial charge in [-0.3, -0.25) is 14.4 Å². The molecule has 2 aliphatic rings. The number of carboxylic acid groups (broad SMARTS) is 1. The molecule has 1 aliphatic heterocycles. The maximum absolute atomic E-state index is 14.2. The molecule has 1 unspecified atom stereocenters. The lowest BCUT2D eigenvalue weighted by Gasteiger charge is -2.36. The molecule has 1 saturated carbocycles. The summed E-state index contributed by atoms with van der Waals surface area (Å²) in [7, 11) is 0. The number of carbonyl (C=O) groups excluding carboxylic acids is 2. The fourth-order valence-electron chi connectivity index (χ4n) is 3.27. The third-order valence-electron chi connectivity index (χ3n) is 4.70. The number of benzene rings is 1. The zero-order valence-electron chi connectivity index (χ0n) is 14.1. The van der Waals surface area contributed by atoms with Crippen LogP contribution in [0.4, 0.5) is 10.1 Å². The quantitative estimate of drug-likeness (QED) is 0.825. The van der Waals surface area contributed by atoms with Crippen molar-refractivity contribution in [3.8, 4) is 0 Å². The lowest BCUT2D eigenvalue weighted by Crippen LogP contribution is -2.40. The number of anilines is 1. The number of fused-ring (bicyclic) bond motifs is 2. The lowest BCUT2D eigenvalue weighted by molar-refractivity contribution is -0.137. The summed E-state index contributed by atoms with van der Waals surface area (Å²) in [5.41, 5.74) is 0.122. The number of rotatable bonds is 4. The third-order valence-corrected chi connectivity index (χ3v) is 4.70. The Morgan fingerprint density at radius 2 is 1.96 bits per heavy atom. The Labute approximate surface area is 140 Å². The standard InChI is InChI=1S/C16H16FNO4.C2H6/c1-8(5-12(19)20)14(21)9-6-10-13(11(17)7-9)18-15(22)16(10)3-2-4-16;1-2/h6-8H,2-5H2,1H3,(H,18,22)(H,19,20);1-2H3. The predicted octanol–water partition coefficient (Wildman–Crippen LogP) is 3.52. The highest BCUT2D eigenvalue weighted by Gasteiger charge is 2.52. The van der Waals surface area contributed by atoms with Crippen molar-refractivity contribution < 1.29 is 23.9 Å². The first kappa shape index (κ1) is 18.1. The number of ketones is 1. The van der Waals surface area contributed by atoms with Crippen LogP contribution in [0.2, 0.25) is 0 Å². The van der Waals surface area contributed by atoms with Gasteiger partial charge in [0.05, 0.1) is 17.5 Å². The van der Waals surface area contributed by atoms with Crippen molar-refractivity contribution in [3.05, 3.63) is 29.1 Å². The molecule has 5 nitrogen and oxygen atoms in total. The molecule has 0 bridgehead atoms. The van der Waals surface area contributed by atoms with Crippen LogP contribution in [0.15, 0.2) is 12.1 Å². The van der Waals surface area contributed by atoms with Gasteiger partial charge in [0, 0.05) is 11.5 Å². The summed E-state index contributed by atoms with van der Waals surface area (Å²) in [5, 5.41) is 11.3. The van der Waals surface area contributed by atoms with E-state index in [0.717, 1.165) is 12.5 Å². The van der Waals surface area contributed by atoms with Gasteiger partial charge in [-0.05, 0) is 30.5 Å². The van der Waals surface area contributed by atoms with Crippen molar-refractivity contribution in [1.82, 2.24) is 0 Å². The molecule has 1 fully saturated rings. The molecule has 1 atom stereocenters. The van der Waals surface area contributed by atoms with Gasteiger partial charge in [-0.2, -0.15) is 0 Å². The molecule has 0 radical (unpaired) electrons. The molecule has 130 valence electrons. The third kappa shape index (κ3) is 2.81. The van der Waals surface area contributed by atoms with Gasteiger partial charge in [0.25, 0.3) is 0 Å². The van der Waals surface area contributed by atoms with E-state index in [-0.39, 0.29) is 23.6 Å². The summed E-state index contributed by atoms with van der Waals surface area (Å²) in [5.74, 6) is -3.08. The Morgan fingerprint density at radius 1 is 1.33 bits per heavy atom. The minimum Gasteiger partial charge on any atom is -0.481 e. The van der Waals surface area contributed by atoms with E-state index in [9.17, 15) is 18.8 Å². The maximum atomic E-state index is 14.2. The Hall–Kier alpha value is -2.24. The number of hydrogen-bond acceptors (Lipinski definition) is 3. The molecule has 1 heterocycles. The van der Waals surface area contributed by atoms with Crippen LogP contribution in [0.1, 0.15) is 62.4 Å². The molecule has 3 rings (SSSR count). The second-order valence-corrected chi connectivity index (χ2v) is 6.13. The van der Waals surface area contributed by atoms with Gasteiger partial charge in [0.1, 0.15) is 5.82 Å². The van der Waals surface area contributed by atoms with Crippen molar-refractivity contribution in [2.45, 2.75) is 51.9 Å². The molecule has 24 heavy (non-hydrogen) atoms. The molecular weight excluding hydrogens is 313 g/mol. The second kappa shape index (κ2) is 6.71. The van der Waals surface area contributed by atoms with E-state index in [0.29, 0.717) is 18.4 Å². The number of hydrogen-bond donors (Lipinski definition) is 2. The molecule has 0 aromatic heterocycles. The lowest BCUT2D eigenvalue weighted by atomic mass is 9.65. The van der Waals surface area contributed by atoms with Crippen LogP contribution in [-0.2, 0) is 15.0 Å². The van der Waals surface area contributed by atoms with Crippen LogP contribution >= 0.6 is 0 Å². The Bertz CT molecular complexity index is 695. The van der Waals surface area contributed by atoms with Crippen molar-refractivity contribution in [1.29, 1.82) is 0 Å². The van der Waals surface area contributed by atoms with Gasteiger partial charge in [-0.15, -0.1) is 0 Å². The van der Waals surface area contributed by atoms with Gasteiger partial charge in [0.15, 0.2) is 5.78 Å². The number of Topliss-reactive ketones (excluding diaryl/α,β-unsaturated/α-hetero) is 1. The number of amides is 1. The largest absolute Gasteiger partial charge is 0.481 e. The average molecular weight is 335 g/mol. The van der Waals surface area contributed by atoms with E-state index in [1.54, 1.807) is 6.07 Å². The predicted molar refractivity (Wildman–Crippen MR) is 87.7 cm³/mol. The zero-order chi connectivity index (χ0) is 18.1. The van der Waals surface area contributed by atoms with Crippen LogP contribution in [0.25, 0.3) is 0 Å². The molecule has 0 saturated heterocycles. The van der Waals surface area contributed by atoms with E-state index in [2.05, 4.69) is 5.32 Å². The Kier molecular flexibility index (Phi) is 5.06. The first-order valence-corrected chi connectivity index (χ1v) is 8.26. The SMILES string of the molecule is CC.CC(CC(=O)O)C(=O)c1cc(F)c2c(c1)C1(CCC1)C(=O)N2. The number of nitrogens with one attached hydrogen (secondary N) is 1. The number of aliphatic carboxylic acids is 1. The van der Waals surface area contributed by atoms with Gasteiger partial charge >= 0.3 is 5.97 Å². The van der Waals surface area contributed by atoms with Crippen LogP contribution < -0.4 is 5.32 Å².